The van der Waals surface area contributed by atoms with Crippen LogP contribution in [0.3, 0.4) is 0 Å². The molecule has 2 atom stereocenters. The zero-order chi connectivity index (χ0) is 5.61. The van der Waals surface area contributed by atoms with Crippen molar-refractivity contribution in [3.05, 3.63) is 12.2 Å². The van der Waals surface area contributed by atoms with Crippen molar-refractivity contribution >= 4 is 0 Å². The van der Waals surface area contributed by atoms with Crippen LogP contribution in [0.5, 0.6) is 0 Å². The quantitative estimate of drug-likeness (QED) is 0.421. The fourth-order valence-corrected chi connectivity index (χ4v) is 1.69. The molecule has 8 heavy (non-hydrogen) atoms. The highest BCUT2D eigenvalue weighted by molar-refractivity contribution is 5.17. The van der Waals surface area contributed by atoms with Crippen LogP contribution in [0.2, 0.25) is 0 Å². The molecule has 2 unspecified atom stereocenters. The molecule has 0 saturated heterocycles. The average molecular weight is 112 g/mol. The Hall–Kier alpha value is -0.330. The topological polar surface area (TPSA) is 0 Å². The second-order valence-corrected chi connectivity index (χ2v) is 2.90. The van der Waals surface area contributed by atoms with E-state index in [-0.39, 0.29) is 0 Å². The van der Waals surface area contributed by atoms with E-state index in [1.54, 1.807) is 6.08 Å². The van der Waals surface area contributed by atoms with E-state index in [1.807, 2.05) is 6.08 Å². The summed E-state index contributed by atoms with van der Waals surface area (Å²) in [6, 6.07) is 0. The number of allylic oxidation sites excluding steroid dienone is 2. The van der Waals surface area contributed by atoms with Crippen molar-refractivity contribution < 1.29 is 4.39 Å². The van der Waals surface area contributed by atoms with Gasteiger partial charge in [-0.2, -0.15) is 0 Å². The maximum Gasteiger partial charge on any atom is 0.129 e. The van der Waals surface area contributed by atoms with Crippen molar-refractivity contribution in [2.24, 2.45) is 5.92 Å². The molecule has 0 aromatic carbocycles. The molecule has 0 amide bonds. The lowest BCUT2D eigenvalue weighted by atomic mass is 10.1. The molecule has 0 heterocycles. The van der Waals surface area contributed by atoms with Crippen LogP contribution in [-0.2, 0) is 0 Å². The van der Waals surface area contributed by atoms with Crippen LogP contribution >= 0.6 is 0 Å². The van der Waals surface area contributed by atoms with E-state index in [1.165, 1.54) is 0 Å². The Balaban J connectivity index is 2.33. The van der Waals surface area contributed by atoms with E-state index in [2.05, 4.69) is 0 Å². The minimum atomic E-state index is -0.870. The summed E-state index contributed by atoms with van der Waals surface area (Å²) >= 11 is 0. The molecular weight excluding hydrogens is 103 g/mol. The molecule has 0 N–H and O–H groups in total. The van der Waals surface area contributed by atoms with Crippen molar-refractivity contribution in [3.8, 4) is 0 Å². The van der Waals surface area contributed by atoms with Crippen molar-refractivity contribution in [2.75, 3.05) is 0 Å². The molecule has 2 aliphatic carbocycles. The van der Waals surface area contributed by atoms with Gasteiger partial charge in [0, 0.05) is 0 Å². The number of alkyl halides is 1. The van der Waals surface area contributed by atoms with Gasteiger partial charge in [0.25, 0.3) is 0 Å². The van der Waals surface area contributed by atoms with Gasteiger partial charge in [-0.1, -0.05) is 12.2 Å². The second-order valence-electron chi connectivity index (χ2n) is 2.90. The van der Waals surface area contributed by atoms with E-state index in [9.17, 15) is 4.39 Å². The van der Waals surface area contributed by atoms with Gasteiger partial charge in [0.15, 0.2) is 0 Å². The summed E-state index contributed by atoms with van der Waals surface area (Å²) in [7, 11) is 0. The summed E-state index contributed by atoms with van der Waals surface area (Å²) in [6.45, 7) is 0. The first-order valence-electron chi connectivity index (χ1n) is 3.17. The zero-order valence-electron chi connectivity index (χ0n) is 4.73. The molecule has 0 aliphatic heterocycles. The van der Waals surface area contributed by atoms with Crippen molar-refractivity contribution in [2.45, 2.75) is 24.9 Å². The van der Waals surface area contributed by atoms with Crippen molar-refractivity contribution in [1.82, 2.24) is 0 Å². The molecule has 1 saturated carbocycles. The molecule has 0 aromatic rings. The van der Waals surface area contributed by atoms with Crippen LogP contribution in [0.25, 0.3) is 0 Å². The fraction of sp³-hybridized carbons (Fsp3) is 0.714. The standard InChI is InChI=1S/C7H9F/c8-7-3-1-6(5-7)2-4-7/h1,3,6H,2,4-5H2. The first-order valence-corrected chi connectivity index (χ1v) is 3.17. The van der Waals surface area contributed by atoms with Gasteiger partial charge < -0.3 is 0 Å². The summed E-state index contributed by atoms with van der Waals surface area (Å²) in [5, 5.41) is 0. The third-order valence-electron chi connectivity index (χ3n) is 2.20. The molecule has 0 nitrogen and oxygen atoms in total. The zero-order valence-corrected chi connectivity index (χ0v) is 4.73. The van der Waals surface area contributed by atoms with E-state index in [4.69, 9.17) is 0 Å². The molecule has 0 radical (unpaired) electrons. The Morgan fingerprint density at radius 2 is 2.50 bits per heavy atom. The summed E-state index contributed by atoms with van der Waals surface area (Å²) in [5.41, 5.74) is -0.870. The van der Waals surface area contributed by atoms with Gasteiger partial charge in [-0.3, -0.25) is 0 Å². The van der Waals surface area contributed by atoms with Gasteiger partial charge in [0.1, 0.15) is 5.67 Å². The Morgan fingerprint density at radius 3 is 2.62 bits per heavy atom. The molecule has 2 rings (SSSR count). The minimum absolute atomic E-state index is 0.583. The van der Waals surface area contributed by atoms with E-state index >= 15 is 0 Å². The molecule has 1 heteroatoms. The van der Waals surface area contributed by atoms with Crippen LogP contribution < -0.4 is 0 Å². The lowest BCUT2D eigenvalue weighted by Gasteiger charge is -2.09. The van der Waals surface area contributed by atoms with Crippen molar-refractivity contribution in [1.29, 1.82) is 0 Å². The van der Waals surface area contributed by atoms with E-state index in [0.717, 1.165) is 19.3 Å². The third-order valence-corrected chi connectivity index (χ3v) is 2.20. The summed E-state index contributed by atoms with van der Waals surface area (Å²) in [6.07, 6.45) is 6.37. The molecule has 2 bridgehead atoms. The highest BCUT2D eigenvalue weighted by atomic mass is 19.1. The maximum atomic E-state index is 13.0. The normalized spacial score (nSPS) is 50.9. The summed E-state index contributed by atoms with van der Waals surface area (Å²) in [5.74, 6) is 0.583. The lowest BCUT2D eigenvalue weighted by molar-refractivity contribution is 0.244. The minimum Gasteiger partial charge on any atom is -0.239 e. The summed E-state index contributed by atoms with van der Waals surface area (Å²) in [4.78, 5) is 0. The Labute approximate surface area is 48.4 Å². The number of rotatable bonds is 0. The van der Waals surface area contributed by atoms with E-state index < -0.39 is 5.67 Å². The highest BCUT2D eigenvalue weighted by Gasteiger charge is 2.40. The fourth-order valence-electron chi connectivity index (χ4n) is 1.69. The maximum absolute atomic E-state index is 13.0. The molecule has 2 aliphatic rings. The number of hydrogen-bond donors (Lipinski definition) is 0. The predicted molar refractivity (Wildman–Crippen MR) is 30.3 cm³/mol. The third kappa shape index (κ3) is 0.445. The van der Waals surface area contributed by atoms with Crippen LogP contribution in [0, 0.1) is 5.92 Å². The molecule has 0 spiro atoms. The highest BCUT2D eigenvalue weighted by Crippen LogP contribution is 2.44. The average Bonchev–Trinajstić information content (AvgIpc) is 2.21. The number of hydrogen-bond acceptors (Lipinski definition) is 0. The van der Waals surface area contributed by atoms with Gasteiger partial charge in [-0.25, -0.2) is 4.39 Å². The number of fused-ring (bicyclic) bond motifs is 2. The largest absolute Gasteiger partial charge is 0.239 e. The SMILES string of the molecule is FC12C=CC(CC1)C2. The van der Waals surface area contributed by atoms with Gasteiger partial charge >= 0.3 is 0 Å². The second kappa shape index (κ2) is 1.15. The van der Waals surface area contributed by atoms with Gasteiger partial charge in [-0.05, 0) is 25.2 Å². The smallest absolute Gasteiger partial charge is 0.129 e. The van der Waals surface area contributed by atoms with Crippen molar-refractivity contribution in [3.63, 3.8) is 0 Å². The monoisotopic (exact) mass is 112 g/mol. The Bertz CT molecular complexity index is 139. The molecule has 44 valence electrons. The van der Waals surface area contributed by atoms with E-state index in [0.29, 0.717) is 5.92 Å². The molecular formula is C7H9F. The van der Waals surface area contributed by atoms with Gasteiger partial charge in [-0.15, -0.1) is 0 Å². The first kappa shape index (κ1) is 4.54. The lowest BCUT2D eigenvalue weighted by Crippen LogP contribution is -2.10. The molecule has 0 aromatic heterocycles. The first-order chi connectivity index (χ1) is 3.79. The predicted octanol–water partition coefficient (Wildman–Crippen LogP) is 2.06. The van der Waals surface area contributed by atoms with Crippen LogP contribution in [0.4, 0.5) is 4.39 Å². The van der Waals surface area contributed by atoms with Crippen LogP contribution in [-0.4, -0.2) is 5.67 Å². The Kier molecular flexibility index (Phi) is 0.651. The number of halogens is 1. The van der Waals surface area contributed by atoms with Gasteiger partial charge in [0.2, 0.25) is 0 Å². The van der Waals surface area contributed by atoms with Crippen LogP contribution in [0.1, 0.15) is 19.3 Å². The van der Waals surface area contributed by atoms with Gasteiger partial charge in [0.05, 0.1) is 0 Å². The Morgan fingerprint density at radius 1 is 1.62 bits per heavy atom. The van der Waals surface area contributed by atoms with Crippen LogP contribution in [0.15, 0.2) is 12.2 Å². The summed E-state index contributed by atoms with van der Waals surface area (Å²) < 4.78 is 13.0. The molecule has 1 fully saturated rings.